The minimum atomic E-state index is -0.553. The Morgan fingerprint density at radius 2 is 1.81 bits per heavy atom. The summed E-state index contributed by atoms with van der Waals surface area (Å²) in [5, 5.41) is 0. The maximum Gasteiger partial charge on any atom is 0.316 e. The van der Waals surface area contributed by atoms with Gasteiger partial charge in [-0.15, -0.1) is 0 Å². The molecule has 5 nitrogen and oxygen atoms in total. The second kappa shape index (κ2) is 7.12. The van der Waals surface area contributed by atoms with Crippen molar-refractivity contribution < 1.29 is 19.1 Å². The lowest BCUT2D eigenvalue weighted by molar-refractivity contribution is -0.139. The molecule has 26 heavy (non-hydrogen) atoms. The van der Waals surface area contributed by atoms with Gasteiger partial charge in [0.2, 0.25) is 5.91 Å². The molecular formula is C21H21NO4. The SMILES string of the molecule is CC(=O)c1ccccc1OC(=O)[C@H]1CC(=O)N(c2cccc(C)c2C)C1. The van der Waals surface area contributed by atoms with Crippen molar-refractivity contribution in [3.8, 4) is 5.75 Å². The van der Waals surface area contributed by atoms with E-state index in [0.29, 0.717) is 5.56 Å². The highest BCUT2D eigenvalue weighted by molar-refractivity contribution is 6.01. The number of hydrogen-bond acceptors (Lipinski definition) is 4. The zero-order chi connectivity index (χ0) is 18.8. The number of benzene rings is 2. The van der Waals surface area contributed by atoms with E-state index in [0.717, 1.165) is 16.8 Å². The van der Waals surface area contributed by atoms with Gasteiger partial charge < -0.3 is 9.64 Å². The number of carbonyl (C=O) groups excluding carboxylic acids is 3. The molecule has 1 aliphatic rings. The number of Topliss-reactive ketones (excluding diaryl/α,β-unsaturated/α-hetero) is 1. The highest BCUT2D eigenvalue weighted by Crippen LogP contribution is 2.30. The van der Waals surface area contributed by atoms with Crippen molar-refractivity contribution in [1.82, 2.24) is 0 Å². The van der Waals surface area contributed by atoms with Gasteiger partial charge in [0, 0.05) is 18.7 Å². The van der Waals surface area contributed by atoms with Crippen LogP contribution in [0.25, 0.3) is 0 Å². The number of para-hydroxylation sites is 1. The summed E-state index contributed by atoms with van der Waals surface area (Å²) in [5.74, 6) is -1.07. The Morgan fingerprint density at radius 1 is 1.08 bits per heavy atom. The van der Waals surface area contributed by atoms with Crippen molar-refractivity contribution in [1.29, 1.82) is 0 Å². The minimum Gasteiger partial charge on any atom is -0.425 e. The number of ketones is 1. The molecule has 1 atom stereocenters. The lowest BCUT2D eigenvalue weighted by atomic mass is 10.1. The highest BCUT2D eigenvalue weighted by Gasteiger charge is 2.37. The van der Waals surface area contributed by atoms with Gasteiger partial charge in [-0.2, -0.15) is 0 Å². The van der Waals surface area contributed by atoms with Gasteiger partial charge in [0.15, 0.2) is 5.78 Å². The highest BCUT2D eigenvalue weighted by atomic mass is 16.5. The van der Waals surface area contributed by atoms with Crippen LogP contribution in [-0.2, 0) is 9.59 Å². The third-order valence-electron chi connectivity index (χ3n) is 4.80. The number of nitrogens with zero attached hydrogens (tertiary/aromatic N) is 1. The maximum atomic E-state index is 12.6. The van der Waals surface area contributed by atoms with Crippen LogP contribution in [0.2, 0.25) is 0 Å². The van der Waals surface area contributed by atoms with E-state index in [-0.39, 0.29) is 30.4 Å². The fourth-order valence-electron chi connectivity index (χ4n) is 3.16. The third kappa shape index (κ3) is 3.38. The average Bonchev–Trinajstić information content (AvgIpc) is 2.99. The molecule has 0 saturated carbocycles. The van der Waals surface area contributed by atoms with E-state index >= 15 is 0 Å². The summed E-state index contributed by atoms with van der Waals surface area (Å²) in [5.41, 5.74) is 3.31. The van der Waals surface area contributed by atoms with Crippen LogP contribution in [-0.4, -0.2) is 24.2 Å². The summed E-state index contributed by atoms with van der Waals surface area (Å²) >= 11 is 0. The van der Waals surface area contributed by atoms with Crippen LogP contribution in [0.3, 0.4) is 0 Å². The standard InChI is InChI=1S/C21H21NO4/c1-13-7-6-9-18(14(13)2)22-12-16(11-20(22)24)21(25)26-19-10-5-4-8-17(19)15(3)23/h4-10,16H,11-12H2,1-3H3/t16-/m0/s1. The summed E-state index contributed by atoms with van der Waals surface area (Å²) < 4.78 is 5.44. The molecule has 2 aromatic rings. The summed E-state index contributed by atoms with van der Waals surface area (Å²) in [4.78, 5) is 38.3. The normalized spacial score (nSPS) is 16.7. The number of ether oxygens (including phenoxy) is 1. The van der Waals surface area contributed by atoms with Crippen molar-refractivity contribution in [2.24, 2.45) is 5.92 Å². The predicted molar refractivity (Wildman–Crippen MR) is 98.5 cm³/mol. The summed E-state index contributed by atoms with van der Waals surface area (Å²) in [7, 11) is 0. The summed E-state index contributed by atoms with van der Waals surface area (Å²) in [6.45, 7) is 5.66. The van der Waals surface area contributed by atoms with Crippen LogP contribution in [0.4, 0.5) is 5.69 Å². The van der Waals surface area contributed by atoms with Crippen LogP contribution < -0.4 is 9.64 Å². The van der Waals surface area contributed by atoms with E-state index in [1.165, 1.54) is 6.92 Å². The van der Waals surface area contributed by atoms with Gasteiger partial charge >= 0.3 is 5.97 Å². The predicted octanol–water partition coefficient (Wildman–Crippen LogP) is 3.46. The van der Waals surface area contributed by atoms with Crippen molar-refractivity contribution >= 4 is 23.3 Å². The van der Waals surface area contributed by atoms with Crippen molar-refractivity contribution in [2.45, 2.75) is 27.2 Å². The molecule has 1 saturated heterocycles. The Bertz CT molecular complexity index is 887. The van der Waals surface area contributed by atoms with Gasteiger partial charge in [0.25, 0.3) is 0 Å². The number of anilines is 1. The molecule has 0 unspecified atom stereocenters. The lowest BCUT2D eigenvalue weighted by Gasteiger charge is -2.20. The minimum absolute atomic E-state index is 0.0968. The average molecular weight is 351 g/mol. The Morgan fingerprint density at radius 3 is 2.54 bits per heavy atom. The molecule has 3 rings (SSSR count). The van der Waals surface area contributed by atoms with E-state index in [1.54, 1.807) is 29.2 Å². The number of esters is 1. The van der Waals surface area contributed by atoms with Gasteiger partial charge in [0.1, 0.15) is 5.75 Å². The fourth-order valence-corrected chi connectivity index (χ4v) is 3.16. The fraction of sp³-hybridized carbons (Fsp3) is 0.286. The van der Waals surface area contributed by atoms with E-state index in [9.17, 15) is 14.4 Å². The molecule has 1 fully saturated rings. The van der Waals surface area contributed by atoms with Crippen molar-refractivity contribution in [3.05, 3.63) is 59.2 Å². The molecule has 1 amide bonds. The van der Waals surface area contributed by atoms with Crippen molar-refractivity contribution in [3.63, 3.8) is 0 Å². The van der Waals surface area contributed by atoms with Crippen molar-refractivity contribution in [2.75, 3.05) is 11.4 Å². The Balaban J connectivity index is 1.78. The number of rotatable bonds is 4. The first kappa shape index (κ1) is 17.9. The van der Waals surface area contributed by atoms with Gasteiger partial charge in [-0.05, 0) is 50.1 Å². The lowest BCUT2D eigenvalue weighted by Crippen LogP contribution is -2.28. The maximum absolute atomic E-state index is 12.6. The van der Waals surface area contributed by atoms with E-state index in [2.05, 4.69) is 0 Å². The molecule has 0 N–H and O–H groups in total. The van der Waals surface area contributed by atoms with E-state index < -0.39 is 11.9 Å². The van der Waals surface area contributed by atoms with Gasteiger partial charge in [0.05, 0.1) is 11.5 Å². The summed E-state index contributed by atoms with van der Waals surface area (Å²) in [6, 6.07) is 12.4. The second-order valence-electron chi connectivity index (χ2n) is 6.60. The Labute approximate surface area is 152 Å². The number of carbonyl (C=O) groups is 3. The molecule has 2 aromatic carbocycles. The largest absolute Gasteiger partial charge is 0.425 e. The first-order valence-electron chi connectivity index (χ1n) is 8.56. The number of amides is 1. The molecule has 0 spiro atoms. The first-order chi connectivity index (χ1) is 12.4. The van der Waals surface area contributed by atoms with Crippen LogP contribution in [0, 0.1) is 19.8 Å². The smallest absolute Gasteiger partial charge is 0.316 e. The summed E-state index contributed by atoms with van der Waals surface area (Å²) in [6.07, 6.45) is 0.106. The molecular weight excluding hydrogens is 330 g/mol. The Kier molecular flexibility index (Phi) is 4.89. The van der Waals surface area contributed by atoms with Gasteiger partial charge in [-0.25, -0.2) is 0 Å². The van der Waals surface area contributed by atoms with E-state index in [1.807, 2.05) is 32.0 Å². The monoisotopic (exact) mass is 351 g/mol. The third-order valence-corrected chi connectivity index (χ3v) is 4.80. The molecule has 0 bridgehead atoms. The van der Waals surface area contributed by atoms with Gasteiger partial charge in [-0.3, -0.25) is 14.4 Å². The molecule has 0 aliphatic carbocycles. The topological polar surface area (TPSA) is 63.7 Å². The quantitative estimate of drug-likeness (QED) is 0.481. The van der Waals surface area contributed by atoms with E-state index in [4.69, 9.17) is 4.74 Å². The molecule has 1 aliphatic heterocycles. The zero-order valence-electron chi connectivity index (χ0n) is 15.1. The molecule has 1 heterocycles. The Hall–Kier alpha value is -2.95. The zero-order valence-corrected chi connectivity index (χ0v) is 15.1. The van der Waals surface area contributed by atoms with Crippen LogP contribution in [0.1, 0.15) is 34.8 Å². The van der Waals surface area contributed by atoms with Crippen LogP contribution in [0.5, 0.6) is 5.75 Å². The van der Waals surface area contributed by atoms with Crippen LogP contribution >= 0.6 is 0 Å². The molecule has 5 heteroatoms. The first-order valence-corrected chi connectivity index (χ1v) is 8.56. The molecule has 134 valence electrons. The number of hydrogen-bond donors (Lipinski definition) is 0. The molecule has 0 aromatic heterocycles. The molecule has 0 radical (unpaired) electrons. The second-order valence-corrected chi connectivity index (χ2v) is 6.60. The number of aryl methyl sites for hydroxylation is 1. The van der Waals surface area contributed by atoms with Crippen LogP contribution in [0.15, 0.2) is 42.5 Å². The van der Waals surface area contributed by atoms with Gasteiger partial charge in [-0.1, -0.05) is 24.3 Å².